The summed E-state index contributed by atoms with van der Waals surface area (Å²) in [5.74, 6) is 2.21. The van der Waals surface area contributed by atoms with Crippen molar-refractivity contribution in [2.75, 3.05) is 41.4 Å². The lowest BCUT2D eigenvalue weighted by atomic mass is 9.91. The van der Waals surface area contributed by atoms with Gasteiger partial charge in [0.25, 0.3) is 11.8 Å². The Balaban J connectivity index is 1.39. The summed E-state index contributed by atoms with van der Waals surface area (Å²) in [7, 11) is 0. The van der Waals surface area contributed by atoms with E-state index in [4.69, 9.17) is 9.72 Å². The average molecular weight is 581 g/mol. The Morgan fingerprint density at radius 3 is 2.76 bits per heavy atom. The van der Waals surface area contributed by atoms with Gasteiger partial charge in [-0.25, -0.2) is 9.97 Å². The van der Waals surface area contributed by atoms with E-state index in [-0.39, 0.29) is 22.8 Å². The Kier molecular flexibility index (Phi) is 8.80. The van der Waals surface area contributed by atoms with Crippen LogP contribution in [0.25, 0.3) is 0 Å². The number of rotatable bonds is 5. The lowest BCUT2D eigenvalue weighted by molar-refractivity contribution is -0.127. The molecule has 5 heterocycles. The summed E-state index contributed by atoms with van der Waals surface area (Å²) in [6, 6.07) is 9.37. The van der Waals surface area contributed by atoms with Crippen LogP contribution in [-0.2, 0) is 9.53 Å². The number of nitrogens with zero attached hydrogens (tertiary/aromatic N) is 4. The summed E-state index contributed by atoms with van der Waals surface area (Å²) in [6.45, 7) is 13.9. The van der Waals surface area contributed by atoms with Crippen molar-refractivity contribution in [1.29, 1.82) is 0 Å². The van der Waals surface area contributed by atoms with Crippen LogP contribution in [0.4, 0.5) is 17.5 Å². The Morgan fingerprint density at radius 2 is 1.95 bits per heavy atom. The van der Waals surface area contributed by atoms with Crippen molar-refractivity contribution in [2.24, 2.45) is 11.3 Å². The van der Waals surface area contributed by atoms with E-state index in [1.165, 1.54) is 11.9 Å². The van der Waals surface area contributed by atoms with Crippen molar-refractivity contribution < 1.29 is 14.3 Å². The van der Waals surface area contributed by atoms with Gasteiger partial charge in [-0.15, -0.1) is 0 Å². The van der Waals surface area contributed by atoms with E-state index in [0.29, 0.717) is 47.7 Å². The van der Waals surface area contributed by atoms with E-state index in [9.17, 15) is 9.59 Å². The summed E-state index contributed by atoms with van der Waals surface area (Å²) in [5.41, 5.74) is 0.571. The number of fused-ring (bicyclic) bond motifs is 6. The number of anilines is 3. The van der Waals surface area contributed by atoms with Crippen LogP contribution >= 0.6 is 11.9 Å². The molecule has 2 aromatic heterocycles. The van der Waals surface area contributed by atoms with Crippen LogP contribution in [0.2, 0.25) is 0 Å². The van der Waals surface area contributed by atoms with Crippen LogP contribution in [0.5, 0.6) is 0 Å². The number of carbonyl (C=O) groups excluding carboxylic acids is 2. The number of amides is 2. The van der Waals surface area contributed by atoms with E-state index < -0.39 is 6.10 Å². The maximum absolute atomic E-state index is 13.5. The van der Waals surface area contributed by atoms with Crippen molar-refractivity contribution in [3.63, 3.8) is 0 Å². The molecule has 0 spiro atoms. The highest BCUT2D eigenvalue weighted by atomic mass is 32.2. The molecule has 10 heteroatoms. The fraction of sp³-hybridized carbons (Fsp3) is 0.613. The highest BCUT2D eigenvalue weighted by Crippen LogP contribution is 2.40. The molecule has 0 saturated carbocycles. The number of hydrogen-bond acceptors (Lipinski definition) is 8. The topological polar surface area (TPSA) is 99.7 Å². The second-order valence-electron chi connectivity index (χ2n) is 13.3. The molecule has 2 amide bonds. The third-order valence-electron chi connectivity index (χ3n) is 8.21. The molecule has 9 nitrogen and oxygen atoms in total. The third-order valence-corrected chi connectivity index (χ3v) is 8.93. The van der Waals surface area contributed by atoms with E-state index in [0.717, 1.165) is 51.0 Å². The van der Waals surface area contributed by atoms with E-state index in [1.807, 2.05) is 24.3 Å². The molecule has 5 rings (SSSR count). The van der Waals surface area contributed by atoms with Gasteiger partial charge in [-0.3, -0.25) is 19.2 Å². The lowest BCUT2D eigenvalue weighted by Gasteiger charge is -2.34. The van der Waals surface area contributed by atoms with Gasteiger partial charge in [0.05, 0.1) is 5.56 Å². The number of pyridine rings is 2. The van der Waals surface area contributed by atoms with E-state index in [2.05, 4.69) is 54.5 Å². The summed E-state index contributed by atoms with van der Waals surface area (Å²) in [6.07, 6.45) is 5.29. The third kappa shape index (κ3) is 7.15. The summed E-state index contributed by atoms with van der Waals surface area (Å²) in [5, 5.41) is 4.13. The van der Waals surface area contributed by atoms with Gasteiger partial charge < -0.3 is 15.0 Å². The molecule has 0 aromatic carbocycles. The number of carbonyl (C=O) groups is 2. The van der Waals surface area contributed by atoms with Crippen molar-refractivity contribution >= 4 is 41.2 Å². The second kappa shape index (κ2) is 12.2. The first kappa shape index (κ1) is 29.6. The van der Waals surface area contributed by atoms with Crippen molar-refractivity contribution in [3.8, 4) is 0 Å². The van der Waals surface area contributed by atoms with Gasteiger partial charge in [0.2, 0.25) is 0 Å². The monoisotopic (exact) mass is 580 g/mol. The first-order chi connectivity index (χ1) is 19.5. The molecule has 2 saturated heterocycles. The zero-order valence-electron chi connectivity index (χ0n) is 25.0. The van der Waals surface area contributed by atoms with Crippen LogP contribution in [0.15, 0.2) is 35.4 Å². The summed E-state index contributed by atoms with van der Waals surface area (Å²) in [4.78, 5) is 40.5. The first-order valence-electron chi connectivity index (χ1n) is 14.9. The van der Waals surface area contributed by atoms with Gasteiger partial charge in [-0.2, -0.15) is 0 Å². The standard InChI is InChI=1S/C31H44N6O3S/c1-30(2,3)15-8-18-40-23-14-17-36(29(23)39)25-13-12-22-27(34-25)37-20-21(19-31(37,4)5)9-7-16-32-24-10-6-11-26(33-24)41-35-28(22)38/h6,10-13,21,23H,7-9,14-20H2,1-5H3,(H,32,33)(H,35,38). The molecule has 41 heavy (non-hydrogen) atoms. The SMILES string of the molecule is CC(C)(C)CCCOC1CCN(c2ccc3c(n2)N2CC(CCCNc4cccc(n4)SNC3=O)CC2(C)C)C1=O. The van der Waals surface area contributed by atoms with Gasteiger partial charge in [0.15, 0.2) is 0 Å². The minimum absolute atomic E-state index is 0.0534. The summed E-state index contributed by atoms with van der Waals surface area (Å²) >= 11 is 1.20. The quantitative estimate of drug-likeness (QED) is 0.345. The molecule has 2 unspecified atom stereocenters. The predicted molar refractivity (Wildman–Crippen MR) is 164 cm³/mol. The molecular formula is C31H44N6O3S. The molecule has 2 atom stereocenters. The van der Waals surface area contributed by atoms with Crippen molar-refractivity contribution in [3.05, 3.63) is 35.9 Å². The zero-order chi connectivity index (χ0) is 29.2. The van der Waals surface area contributed by atoms with Crippen LogP contribution in [0.3, 0.4) is 0 Å². The zero-order valence-corrected chi connectivity index (χ0v) is 25.9. The molecular weight excluding hydrogens is 536 g/mol. The largest absolute Gasteiger partial charge is 0.370 e. The Hall–Kier alpha value is -2.85. The van der Waals surface area contributed by atoms with Crippen molar-refractivity contribution in [2.45, 2.75) is 89.8 Å². The highest BCUT2D eigenvalue weighted by Gasteiger charge is 2.41. The van der Waals surface area contributed by atoms with Crippen molar-refractivity contribution in [1.82, 2.24) is 14.7 Å². The fourth-order valence-electron chi connectivity index (χ4n) is 6.12. The second-order valence-corrected chi connectivity index (χ2v) is 14.1. The maximum Gasteiger partial charge on any atom is 0.265 e. The maximum atomic E-state index is 13.5. The van der Waals surface area contributed by atoms with Crippen LogP contribution in [0.1, 0.15) is 83.5 Å². The summed E-state index contributed by atoms with van der Waals surface area (Å²) < 4.78 is 8.98. The van der Waals surface area contributed by atoms with E-state index in [1.54, 1.807) is 11.0 Å². The number of hydrogen-bond donors (Lipinski definition) is 2. The smallest absolute Gasteiger partial charge is 0.265 e. The Morgan fingerprint density at radius 1 is 1.12 bits per heavy atom. The number of aromatic nitrogens is 2. The van der Waals surface area contributed by atoms with Gasteiger partial charge in [0, 0.05) is 50.1 Å². The molecule has 222 valence electrons. The van der Waals surface area contributed by atoms with Gasteiger partial charge in [0.1, 0.15) is 28.6 Å². The van der Waals surface area contributed by atoms with Crippen LogP contribution in [-0.4, -0.2) is 59.7 Å². The first-order valence-corrected chi connectivity index (χ1v) is 15.7. The lowest BCUT2D eigenvalue weighted by Crippen LogP contribution is -2.40. The molecule has 0 aliphatic carbocycles. The van der Waals surface area contributed by atoms with Crippen LogP contribution < -0.4 is 19.8 Å². The fourth-order valence-corrected chi connectivity index (χ4v) is 6.72. The molecule has 4 bridgehead atoms. The normalized spacial score (nSPS) is 23.0. The minimum atomic E-state index is -0.446. The predicted octanol–water partition coefficient (Wildman–Crippen LogP) is 5.67. The van der Waals surface area contributed by atoms with E-state index >= 15 is 0 Å². The molecule has 0 radical (unpaired) electrons. The Labute approximate surface area is 248 Å². The number of ether oxygens (including phenoxy) is 1. The molecule has 2 N–H and O–H groups in total. The Bertz CT molecular complexity index is 1260. The highest BCUT2D eigenvalue weighted by molar-refractivity contribution is 7.97. The van der Waals surface area contributed by atoms with Gasteiger partial charge >= 0.3 is 0 Å². The van der Waals surface area contributed by atoms with Gasteiger partial charge in [-0.05, 0) is 81.5 Å². The molecule has 2 aromatic rings. The van der Waals surface area contributed by atoms with Crippen LogP contribution in [0, 0.1) is 11.3 Å². The molecule has 2 fully saturated rings. The average Bonchev–Trinajstić information content (AvgIpc) is 3.44. The van der Waals surface area contributed by atoms with Gasteiger partial charge in [-0.1, -0.05) is 26.8 Å². The minimum Gasteiger partial charge on any atom is -0.370 e. The molecule has 3 aliphatic rings. The molecule has 3 aliphatic heterocycles. The number of nitrogens with one attached hydrogen (secondary N) is 2.